The molecule has 1 unspecified atom stereocenters. The van der Waals surface area contributed by atoms with Crippen molar-refractivity contribution in [1.29, 1.82) is 0 Å². The fraction of sp³-hybridized carbons (Fsp3) is 0.619. The van der Waals surface area contributed by atoms with Crippen LogP contribution in [0.4, 0.5) is 0 Å². The largest absolute Gasteiger partial charge is 0.356 e. The molecule has 0 spiro atoms. The Labute approximate surface area is 152 Å². The van der Waals surface area contributed by atoms with Gasteiger partial charge in [0.2, 0.25) is 5.91 Å². The van der Waals surface area contributed by atoms with Crippen molar-refractivity contribution >= 4 is 16.9 Å². The van der Waals surface area contributed by atoms with Crippen LogP contribution in [0.25, 0.3) is 11.0 Å². The summed E-state index contributed by atoms with van der Waals surface area (Å²) in [5, 5.41) is 2.99. The molecule has 1 aromatic heterocycles. The molecule has 0 aliphatic rings. The van der Waals surface area contributed by atoms with E-state index in [1.165, 1.54) is 17.8 Å². The van der Waals surface area contributed by atoms with Crippen molar-refractivity contribution in [3.8, 4) is 0 Å². The van der Waals surface area contributed by atoms with E-state index in [0.29, 0.717) is 5.92 Å². The Bertz CT molecular complexity index is 675. The first-order chi connectivity index (χ1) is 12.0. The fourth-order valence-electron chi connectivity index (χ4n) is 2.96. The van der Waals surface area contributed by atoms with Gasteiger partial charge in [0.25, 0.3) is 0 Å². The van der Waals surface area contributed by atoms with E-state index >= 15 is 0 Å². The number of nitrogens with zero attached hydrogens (tertiary/aromatic N) is 2. The van der Waals surface area contributed by atoms with Crippen LogP contribution in [0.15, 0.2) is 24.3 Å². The van der Waals surface area contributed by atoms with Gasteiger partial charge in [-0.3, -0.25) is 4.79 Å². The van der Waals surface area contributed by atoms with Gasteiger partial charge in [-0.15, -0.1) is 0 Å². The number of aromatic nitrogens is 2. The van der Waals surface area contributed by atoms with Crippen molar-refractivity contribution in [1.82, 2.24) is 14.9 Å². The second-order valence-electron chi connectivity index (χ2n) is 7.40. The van der Waals surface area contributed by atoms with Crippen LogP contribution in [0, 0.1) is 11.8 Å². The van der Waals surface area contributed by atoms with Crippen molar-refractivity contribution < 1.29 is 4.79 Å². The van der Waals surface area contributed by atoms with Crippen LogP contribution >= 0.6 is 0 Å². The predicted molar refractivity (Wildman–Crippen MR) is 105 cm³/mol. The van der Waals surface area contributed by atoms with Gasteiger partial charge < -0.3 is 9.88 Å². The van der Waals surface area contributed by atoms with Crippen molar-refractivity contribution in [2.75, 3.05) is 6.54 Å². The number of benzene rings is 1. The van der Waals surface area contributed by atoms with Gasteiger partial charge in [-0.05, 0) is 30.9 Å². The number of hydrogen-bond acceptors (Lipinski definition) is 2. The normalized spacial score (nSPS) is 12.7. The van der Waals surface area contributed by atoms with Crippen LogP contribution in [-0.4, -0.2) is 22.0 Å². The molecule has 25 heavy (non-hydrogen) atoms. The summed E-state index contributed by atoms with van der Waals surface area (Å²) < 4.78 is 2.41. The van der Waals surface area contributed by atoms with Gasteiger partial charge in [-0.25, -0.2) is 4.98 Å². The van der Waals surface area contributed by atoms with Crippen LogP contribution in [0.5, 0.6) is 0 Å². The Morgan fingerprint density at radius 2 is 1.92 bits per heavy atom. The smallest absolute Gasteiger partial charge is 0.222 e. The van der Waals surface area contributed by atoms with Crippen molar-refractivity contribution in [3.63, 3.8) is 0 Å². The molecular formula is C21H33N3O. The molecule has 0 bridgehead atoms. The zero-order chi connectivity index (χ0) is 18.2. The average Bonchev–Trinajstić information content (AvgIpc) is 2.95. The van der Waals surface area contributed by atoms with Crippen molar-refractivity contribution in [3.05, 3.63) is 30.1 Å². The number of nitrogens with one attached hydrogen (secondary N) is 1. The van der Waals surface area contributed by atoms with Crippen LogP contribution in [0.2, 0.25) is 0 Å². The van der Waals surface area contributed by atoms with Gasteiger partial charge in [0.15, 0.2) is 0 Å². The Hall–Kier alpha value is -1.84. The number of aryl methyl sites for hydroxylation is 1. The van der Waals surface area contributed by atoms with Gasteiger partial charge in [0, 0.05) is 25.4 Å². The molecule has 4 nitrogen and oxygen atoms in total. The molecule has 2 aromatic rings. The van der Waals surface area contributed by atoms with Gasteiger partial charge >= 0.3 is 0 Å². The van der Waals surface area contributed by atoms with E-state index in [-0.39, 0.29) is 11.8 Å². The zero-order valence-electron chi connectivity index (χ0n) is 16.2. The Morgan fingerprint density at radius 3 is 2.64 bits per heavy atom. The van der Waals surface area contributed by atoms with Crippen LogP contribution < -0.4 is 5.32 Å². The summed E-state index contributed by atoms with van der Waals surface area (Å²) >= 11 is 0. The van der Waals surface area contributed by atoms with E-state index in [9.17, 15) is 4.79 Å². The average molecular weight is 344 g/mol. The number of para-hydroxylation sites is 2. The SMILES string of the molecule is CCC(C)Cn1c(CCCCCNC(=O)C(C)C)nc2ccccc21. The number of rotatable bonds is 10. The lowest BCUT2D eigenvalue weighted by molar-refractivity contribution is -0.123. The van der Waals surface area contributed by atoms with E-state index in [2.05, 4.69) is 48.0 Å². The molecule has 0 saturated carbocycles. The molecule has 0 aliphatic heterocycles. The zero-order valence-corrected chi connectivity index (χ0v) is 16.2. The number of carbonyl (C=O) groups excluding carboxylic acids is 1. The van der Waals surface area contributed by atoms with Crippen LogP contribution in [0.1, 0.15) is 59.2 Å². The summed E-state index contributed by atoms with van der Waals surface area (Å²) in [6, 6.07) is 8.44. The van der Waals surface area contributed by atoms with E-state index in [0.717, 1.165) is 44.3 Å². The Morgan fingerprint density at radius 1 is 1.16 bits per heavy atom. The molecule has 1 N–H and O–H groups in total. The molecule has 1 amide bonds. The molecule has 1 atom stereocenters. The molecular weight excluding hydrogens is 310 g/mol. The standard InChI is InChI=1S/C21H33N3O/c1-5-17(4)15-24-19-12-9-8-11-18(19)23-20(24)13-7-6-10-14-22-21(25)16(2)3/h8-9,11-12,16-17H,5-7,10,13-15H2,1-4H3,(H,22,25). The first-order valence-electron chi connectivity index (χ1n) is 9.74. The summed E-state index contributed by atoms with van der Waals surface area (Å²) in [6.07, 6.45) is 5.45. The van der Waals surface area contributed by atoms with Crippen LogP contribution in [-0.2, 0) is 17.8 Å². The number of unbranched alkanes of at least 4 members (excludes halogenated alkanes) is 2. The molecule has 138 valence electrons. The minimum atomic E-state index is 0.0699. The first kappa shape index (κ1) is 19.5. The van der Waals surface area contributed by atoms with E-state index in [4.69, 9.17) is 4.98 Å². The maximum Gasteiger partial charge on any atom is 0.222 e. The lowest BCUT2D eigenvalue weighted by Gasteiger charge is -2.14. The highest BCUT2D eigenvalue weighted by Crippen LogP contribution is 2.20. The Kier molecular flexibility index (Phi) is 7.48. The quantitative estimate of drug-likeness (QED) is 0.643. The highest BCUT2D eigenvalue weighted by Gasteiger charge is 2.12. The summed E-state index contributed by atoms with van der Waals surface area (Å²) in [7, 11) is 0. The number of fused-ring (bicyclic) bond motifs is 1. The minimum absolute atomic E-state index is 0.0699. The minimum Gasteiger partial charge on any atom is -0.356 e. The lowest BCUT2D eigenvalue weighted by Crippen LogP contribution is -2.28. The van der Waals surface area contributed by atoms with Crippen molar-refractivity contribution in [2.24, 2.45) is 11.8 Å². The van der Waals surface area contributed by atoms with E-state index in [1.807, 2.05) is 13.8 Å². The predicted octanol–water partition coefficient (Wildman–Crippen LogP) is 4.57. The van der Waals surface area contributed by atoms with E-state index < -0.39 is 0 Å². The summed E-state index contributed by atoms with van der Waals surface area (Å²) in [5.74, 6) is 2.08. The molecule has 1 aromatic carbocycles. The second-order valence-corrected chi connectivity index (χ2v) is 7.40. The molecule has 0 fully saturated rings. The third kappa shape index (κ3) is 5.58. The summed E-state index contributed by atoms with van der Waals surface area (Å²) in [5.41, 5.74) is 2.35. The maximum absolute atomic E-state index is 11.5. The third-order valence-electron chi connectivity index (χ3n) is 4.83. The lowest BCUT2D eigenvalue weighted by atomic mass is 10.1. The maximum atomic E-state index is 11.5. The second kappa shape index (κ2) is 9.59. The first-order valence-corrected chi connectivity index (χ1v) is 9.74. The molecule has 0 aliphatic carbocycles. The van der Waals surface area contributed by atoms with Crippen molar-refractivity contribution in [2.45, 2.75) is 66.3 Å². The number of carbonyl (C=O) groups is 1. The van der Waals surface area contributed by atoms with Gasteiger partial charge in [-0.2, -0.15) is 0 Å². The third-order valence-corrected chi connectivity index (χ3v) is 4.83. The van der Waals surface area contributed by atoms with Gasteiger partial charge in [0.05, 0.1) is 11.0 Å². The molecule has 0 radical (unpaired) electrons. The highest BCUT2D eigenvalue weighted by molar-refractivity contribution is 5.77. The molecule has 0 saturated heterocycles. The monoisotopic (exact) mass is 343 g/mol. The molecule has 4 heteroatoms. The number of imidazole rings is 1. The summed E-state index contributed by atoms with van der Waals surface area (Å²) in [4.78, 5) is 16.4. The molecule has 2 rings (SSSR count). The number of amides is 1. The Balaban J connectivity index is 1.89. The topological polar surface area (TPSA) is 46.9 Å². The van der Waals surface area contributed by atoms with Crippen LogP contribution in [0.3, 0.4) is 0 Å². The summed E-state index contributed by atoms with van der Waals surface area (Å²) in [6.45, 7) is 10.2. The fourth-order valence-corrected chi connectivity index (χ4v) is 2.96. The highest BCUT2D eigenvalue weighted by atomic mass is 16.1. The molecule has 1 heterocycles. The van der Waals surface area contributed by atoms with Gasteiger partial charge in [0.1, 0.15) is 5.82 Å². The van der Waals surface area contributed by atoms with E-state index in [1.54, 1.807) is 0 Å². The number of hydrogen-bond donors (Lipinski definition) is 1. The van der Waals surface area contributed by atoms with Gasteiger partial charge in [-0.1, -0.05) is 52.7 Å².